The highest BCUT2D eigenvalue weighted by Gasteiger charge is 2.04. The Morgan fingerprint density at radius 3 is 2.45 bits per heavy atom. The van der Waals surface area contributed by atoms with Crippen molar-refractivity contribution in [3.63, 3.8) is 0 Å². The average molecular weight is 170 g/mol. The zero-order chi connectivity index (χ0) is 8.10. The van der Waals surface area contributed by atoms with Crippen molar-refractivity contribution in [3.8, 4) is 0 Å². The van der Waals surface area contributed by atoms with Crippen LogP contribution < -0.4 is 4.84 Å². The van der Waals surface area contributed by atoms with Gasteiger partial charge < -0.3 is 0 Å². The van der Waals surface area contributed by atoms with Crippen molar-refractivity contribution in [3.05, 3.63) is 35.9 Å². The molecule has 0 saturated carbocycles. The second kappa shape index (κ2) is 4.37. The Morgan fingerprint density at radius 1 is 1.36 bits per heavy atom. The van der Waals surface area contributed by atoms with Crippen LogP contribution in [0.1, 0.15) is 24.9 Å². The first-order valence-electron chi connectivity index (χ1n) is 3.79. The Bertz CT molecular complexity index is 194. The van der Waals surface area contributed by atoms with E-state index in [9.17, 15) is 0 Å². The van der Waals surface area contributed by atoms with Crippen LogP contribution in [0, 0.1) is 0 Å². The summed E-state index contributed by atoms with van der Waals surface area (Å²) >= 11 is 5.55. The first-order chi connectivity index (χ1) is 5.38. The molecular weight excluding hydrogens is 158 g/mol. The fourth-order valence-electron chi connectivity index (χ4n) is 1.06. The fraction of sp³-hybridized carbons (Fsp3) is 0.333. The van der Waals surface area contributed by atoms with E-state index >= 15 is 0 Å². The second-order valence-electron chi connectivity index (χ2n) is 2.48. The molecule has 0 amide bonds. The van der Waals surface area contributed by atoms with Crippen LogP contribution in [0.4, 0.5) is 0 Å². The quantitative estimate of drug-likeness (QED) is 0.687. The van der Waals surface area contributed by atoms with Gasteiger partial charge in [-0.05, 0) is 23.8 Å². The minimum Gasteiger partial charge on any atom is -0.226 e. The molecule has 1 aromatic carbocycles. The summed E-state index contributed by atoms with van der Waals surface area (Å²) in [5.41, 5.74) is 1.24. The molecule has 0 aliphatic carbocycles. The van der Waals surface area contributed by atoms with Gasteiger partial charge in [0.05, 0.1) is 0 Å². The van der Waals surface area contributed by atoms with Crippen LogP contribution in [0.15, 0.2) is 30.3 Å². The summed E-state index contributed by atoms with van der Waals surface area (Å²) < 4.78 is 0. The first kappa shape index (κ1) is 8.57. The minimum atomic E-state index is 0.276. The van der Waals surface area contributed by atoms with E-state index in [-0.39, 0.29) is 6.04 Å². The molecular formula is C9H12ClN. The van der Waals surface area contributed by atoms with Crippen LogP contribution in [0.5, 0.6) is 0 Å². The molecule has 0 aliphatic heterocycles. The second-order valence-corrected chi connectivity index (χ2v) is 2.70. The van der Waals surface area contributed by atoms with Crippen molar-refractivity contribution in [1.82, 2.24) is 4.84 Å². The Hall–Kier alpha value is -0.530. The van der Waals surface area contributed by atoms with Gasteiger partial charge in [-0.15, -0.1) is 0 Å². The molecule has 0 fully saturated rings. The highest BCUT2D eigenvalue weighted by atomic mass is 35.5. The number of hydrogen-bond donors (Lipinski definition) is 1. The third-order valence-electron chi connectivity index (χ3n) is 1.74. The minimum absolute atomic E-state index is 0.276. The van der Waals surface area contributed by atoms with Gasteiger partial charge in [0.2, 0.25) is 0 Å². The van der Waals surface area contributed by atoms with Gasteiger partial charge in [-0.25, -0.2) is 4.84 Å². The van der Waals surface area contributed by atoms with Crippen molar-refractivity contribution < 1.29 is 0 Å². The molecule has 0 radical (unpaired) electrons. The summed E-state index contributed by atoms with van der Waals surface area (Å²) in [5, 5.41) is 0. The van der Waals surface area contributed by atoms with Crippen LogP contribution >= 0.6 is 11.8 Å². The van der Waals surface area contributed by atoms with Crippen molar-refractivity contribution in [2.24, 2.45) is 0 Å². The normalized spacial score (nSPS) is 12.9. The Morgan fingerprint density at radius 2 is 2.00 bits per heavy atom. The molecule has 0 unspecified atom stereocenters. The van der Waals surface area contributed by atoms with E-state index in [2.05, 4.69) is 23.9 Å². The summed E-state index contributed by atoms with van der Waals surface area (Å²) in [4.78, 5) is 2.74. The SMILES string of the molecule is CC[C@H](NCl)c1ccccc1. The summed E-state index contributed by atoms with van der Waals surface area (Å²) in [6, 6.07) is 10.5. The number of hydrogen-bond acceptors (Lipinski definition) is 1. The highest BCUT2D eigenvalue weighted by molar-refractivity contribution is 6.13. The lowest BCUT2D eigenvalue weighted by Gasteiger charge is -2.11. The predicted molar refractivity (Wildman–Crippen MR) is 48.5 cm³/mol. The van der Waals surface area contributed by atoms with E-state index < -0.39 is 0 Å². The predicted octanol–water partition coefficient (Wildman–Crippen LogP) is 2.88. The molecule has 11 heavy (non-hydrogen) atoms. The third-order valence-corrected chi connectivity index (χ3v) is 2.01. The molecule has 0 aliphatic rings. The molecule has 1 atom stereocenters. The van der Waals surface area contributed by atoms with Crippen LogP contribution in [-0.2, 0) is 0 Å². The number of rotatable bonds is 3. The molecule has 0 bridgehead atoms. The smallest absolute Gasteiger partial charge is 0.0467 e. The number of halogens is 1. The molecule has 0 heterocycles. The molecule has 1 rings (SSSR count). The van der Waals surface area contributed by atoms with Gasteiger partial charge in [0.25, 0.3) is 0 Å². The van der Waals surface area contributed by atoms with E-state index in [1.54, 1.807) is 0 Å². The Kier molecular flexibility index (Phi) is 3.40. The van der Waals surface area contributed by atoms with Crippen LogP contribution in [0.25, 0.3) is 0 Å². The van der Waals surface area contributed by atoms with Gasteiger partial charge in [0.15, 0.2) is 0 Å². The molecule has 1 aromatic rings. The number of nitrogens with one attached hydrogen (secondary N) is 1. The molecule has 0 spiro atoms. The van der Waals surface area contributed by atoms with Gasteiger partial charge in [0.1, 0.15) is 0 Å². The summed E-state index contributed by atoms with van der Waals surface area (Å²) in [6.07, 6.45) is 1.01. The number of benzene rings is 1. The lowest BCUT2D eigenvalue weighted by atomic mass is 10.1. The van der Waals surface area contributed by atoms with Gasteiger partial charge in [0, 0.05) is 6.04 Å². The Balaban J connectivity index is 2.74. The topological polar surface area (TPSA) is 12.0 Å². The van der Waals surface area contributed by atoms with Crippen molar-refractivity contribution in [2.45, 2.75) is 19.4 Å². The lowest BCUT2D eigenvalue weighted by molar-refractivity contribution is 0.645. The molecule has 2 heteroatoms. The van der Waals surface area contributed by atoms with E-state index in [0.717, 1.165) is 6.42 Å². The van der Waals surface area contributed by atoms with E-state index in [0.29, 0.717) is 0 Å². The maximum absolute atomic E-state index is 5.55. The van der Waals surface area contributed by atoms with E-state index in [1.165, 1.54) is 5.56 Å². The maximum Gasteiger partial charge on any atom is 0.0467 e. The van der Waals surface area contributed by atoms with Gasteiger partial charge >= 0.3 is 0 Å². The lowest BCUT2D eigenvalue weighted by Crippen LogP contribution is -2.09. The average Bonchev–Trinajstić information content (AvgIpc) is 2.09. The summed E-state index contributed by atoms with van der Waals surface area (Å²) in [6.45, 7) is 2.10. The van der Waals surface area contributed by atoms with E-state index in [1.807, 2.05) is 18.2 Å². The third kappa shape index (κ3) is 2.21. The van der Waals surface area contributed by atoms with Crippen LogP contribution in [0.2, 0.25) is 0 Å². The van der Waals surface area contributed by atoms with Gasteiger partial charge in [-0.3, -0.25) is 0 Å². The molecule has 0 aromatic heterocycles. The van der Waals surface area contributed by atoms with Gasteiger partial charge in [-0.1, -0.05) is 37.3 Å². The van der Waals surface area contributed by atoms with Crippen LogP contribution in [0.3, 0.4) is 0 Å². The van der Waals surface area contributed by atoms with E-state index in [4.69, 9.17) is 11.8 Å². The van der Waals surface area contributed by atoms with Crippen molar-refractivity contribution in [1.29, 1.82) is 0 Å². The molecule has 0 saturated heterocycles. The van der Waals surface area contributed by atoms with Crippen molar-refractivity contribution >= 4 is 11.8 Å². The summed E-state index contributed by atoms with van der Waals surface area (Å²) in [5.74, 6) is 0. The summed E-state index contributed by atoms with van der Waals surface area (Å²) in [7, 11) is 0. The van der Waals surface area contributed by atoms with Crippen molar-refractivity contribution in [2.75, 3.05) is 0 Å². The molecule has 1 N–H and O–H groups in total. The first-order valence-corrected chi connectivity index (χ1v) is 4.17. The van der Waals surface area contributed by atoms with Gasteiger partial charge in [-0.2, -0.15) is 0 Å². The maximum atomic E-state index is 5.55. The largest absolute Gasteiger partial charge is 0.226 e. The zero-order valence-corrected chi connectivity index (χ0v) is 7.31. The zero-order valence-electron chi connectivity index (χ0n) is 6.55. The highest BCUT2D eigenvalue weighted by Crippen LogP contribution is 2.15. The molecule has 60 valence electrons. The Labute approximate surface area is 72.5 Å². The standard InChI is InChI=1S/C9H12ClN/c1-2-9(11-10)8-6-4-3-5-7-8/h3-7,9,11H,2H2,1H3/t9-/m0/s1. The fourth-order valence-corrected chi connectivity index (χ4v) is 1.34. The molecule has 1 nitrogen and oxygen atoms in total. The van der Waals surface area contributed by atoms with Crippen LogP contribution in [-0.4, -0.2) is 0 Å². The monoisotopic (exact) mass is 169 g/mol.